The summed E-state index contributed by atoms with van der Waals surface area (Å²) in [5.74, 6) is 0. The van der Waals surface area contributed by atoms with Gasteiger partial charge in [-0.2, -0.15) is 0 Å². The van der Waals surface area contributed by atoms with Crippen LogP contribution in [-0.4, -0.2) is 63.7 Å². The number of nitrogens with zero attached hydrogens (tertiary/aromatic N) is 5. The molecule has 1 N–H and O–H groups in total. The second kappa shape index (κ2) is 11.7. The van der Waals surface area contributed by atoms with Crippen LogP contribution in [0.4, 0.5) is 5.69 Å². The number of benzene rings is 2. The number of piperazine rings is 1. The van der Waals surface area contributed by atoms with Crippen LogP contribution in [0.1, 0.15) is 12.0 Å². The van der Waals surface area contributed by atoms with Gasteiger partial charge in [-0.25, -0.2) is 4.98 Å². The first-order chi connectivity index (χ1) is 17.4. The molecule has 1 fully saturated rings. The molecule has 4 aromatic rings. The second-order valence-electron chi connectivity index (χ2n) is 8.64. The predicted octanol–water partition coefficient (Wildman–Crippen LogP) is 4.47. The minimum absolute atomic E-state index is 0.0312. The number of pyridine rings is 1. The molecule has 0 atom stereocenters. The Labute approximate surface area is 218 Å². The van der Waals surface area contributed by atoms with Crippen LogP contribution in [0.25, 0.3) is 21.8 Å². The SMILES string of the molecule is Cc1ccc2ncc3c(=O)n(CCCN4CCN(c5cccc(Cl)c5Cl)CC4)cnc3c2c1.O=CO. The standard InChI is InChI=1S/C25H25Cl2N5O.CH2O2/c1-17-6-7-21-18(14-17)24-19(15-28-21)25(33)32(16-29-24)9-3-8-30-10-12-31(13-11-30)22-5-2-4-20(26)23(22)27;2-1-3/h2,4-7,14-16H,3,8-13H2,1H3;1H,(H,2,3). The highest BCUT2D eigenvalue weighted by atomic mass is 35.5. The highest BCUT2D eigenvalue weighted by molar-refractivity contribution is 6.43. The molecule has 1 saturated heterocycles. The summed E-state index contributed by atoms with van der Waals surface area (Å²) < 4.78 is 1.70. The molecule has 0 spiro atoms. The molecule has 0 amide bonds. The van der Waals surface area contributed by atoms with E-state index < -0.39 is 0 Å². The van der Waals surface area contributed by atoms with Crippen LogP contribution in [-0.2, 0) is 11.3 Å². The Hall–Kier alpha value is -3.20. The van der Waals surface area contributed by atoms with E-state index in [0.717, 1.165) is 66.8 Å². The maximum atomic E-state index is 13.0. The highest BCUT2D eigenvalue weighted by Crippen LogP contribution is 2.32. The van der Waals surface area contributed by atoms with E-state index in [-0.39, 0.29) is 12.0 Å². The topological polar surface area (TPSA) is 91.6 Å². The van der Waals surface area contributed by atoms with Gasteiger partial charge in [0.05, 0.1) is 38.5 Å². The number of rotatable bonds is 5. The largest absolute Gasteiger partial charge is 0.483 e. The Balaban J connectivity index is 0.000000967. The fourth-order valence-corrected chi connectivity index (χ4v) is 4.91. The van der Waals surface area contributed by atoms with Crippen molar-refractivity contribution in [1.29, 1.82) is 0 Å². The van der Waals surface area contributed by atoms with Crippen molar-refractivity contribution in [1.82, 2.24) is 19.4 Å². The van der Waals surface area contributed by atoms with Crippen molar-refractivity contribution < 1.29 is 9.90 Å². The Morgan fingerprint density at radius 2 is 1.78 bits per heavy atom. The van der Waals surface area contributed by atoms with Crippen molar-refractivity contribution in [2.24, 2.45) is 0 Å². The molecule has 0 radical (unpaired) electrons. The molecule has 0 aliphatic carbocycles. The summed E-state index contributed by atoms with van der Waals surface area (Å²) in [6.45, 7) is 7.03. The van der Waals surface area contributed by atoms with Crippen LogP contribution in [0.5, 0.6) is 0 Å². The molecule has 8 nitrogen and oxygen atoms in total. The van der Waals surface area contributed by atoms with Gasteiger partial charge < -0.3 is 10.0 Å². The van der Waals surface area contributed by atoms with E-state index in [1.165, 1.54) is 0 Å². The molecule has 2 aromatic heterocycles. The van der Waals surface area contributed by atoms with Gasteiger partial charge in [-0.05, 0) is 44.2 Å². The summed E-state index contributed by atoms with van der Waals surface area (Å²) in [6.07, 6.45) is 4.20. The normalized spacial score (nSPS) is 14.0. The molecule has 5 rings (SSSR count). The van der Waals surface area contributed by atoms with E-state index in [2.05, 4.69) is 19.8 Å². The van der Waals surface area contributed by atoms with E-state index >= 15 is 0 Å². The van der Waals surface area contributed by atoms with Gasteiger partial charge in [-0.1, -0.05) is 40.9 Å². The summed E-state index contributed by atoms with van der Waals surface area (Å²) in [5.41, 5.74) is 3.67. The fraction of sp³-hybridized carbons (Fsp3) is 0.308. The Kier molecular flexibility index (Phi) is 8.40. The van der Waals surface area contributed by atoms with Gasteiger partial charge >= 0.3 is 0 Å². The van der Waals surface area contributed by atoms with Gasteiger partial charge in [-0.3, -0.25) is 24.0 Å². The summed E-state index contributed by atoms with van der Waals surface area (Å²) in [6, 6.07) is 11.8. The summed E-state index contributed by atoms with van der Waals surface area (Å²) in [7, 11) is 0. The Bertz CT molecular complexity index is 1430. The molecular formula is C26H27Cl2N5O3. The number of hydrogen-bond donors (Lipinski definition) is 1. The molecular weight excluding hydrogens is 501 g/mol. The van der Waals surface area contributed by atoms with Crippen molar-refractivity contribution in [3.63, 3.8) is 0 Å². The predicted molar refractivity (Wildman–Crippen MR) is 144 cm³/mol. The number of aromatic nitrogens is 3. The van der Waals surface area contributed by atoms with Crippen LogP contribution in [0.2, 0.25) is 10.0 Å². The third-order valence-corrected chi connectivity index (χ3v) is 7.14. The van der Waals surface area contributed by atoms with Gasteiger partial charge in [0, 0.05) is 44.3 Å². The van der Waals surface area contributed by atoms with Crippen LogP contribution in [0.3, 0.4) is 0 Å². The lowest BCUT2D eigenvalue weighted by molar-refractivity contribution is -0.122. The maximum absolute atomic E-state index is 13.0. The number of fused-ring (bicyclic) bond motifs is 3. The quantitative estimate of drug-likeness (QED) is 0.302. The van der Waals surface area contributed by atoms with E-state index in [1.807, 2.05) is 43.3 Å². The monoisotopic (exact) mass is 527 g/mol. The third-order valence-electron chi connectivity index (χ3n) is 6.33. The number of aryl methyl sites for hydroxylation is 2. The van der Waals surface area contributed by atoms with Gasteiger partial charge in [0.2, 0.25) is 0 Å². The minimum atomic E-state index is -0.250. The second-order valence-corrected chi connectivity index (χ2v) is 9.43. The lowest BCUT2D eigenvalue weighted by Gasteiger charge is -2.36. The molecule has 0 unspecified atom stereocenters. The average Bonchev–Trinajstić information content (AvgIpc) is 2.88. The van der Waals surface area contributed by atoms with Crippen LogP contribution in [0, 0.1) is 6.92 Å². The van der Waals surface area contributed by atoms with E-state index in [1.54, 1.807) is 17.1 Å². The van der Waals surface area contributed by atoms with Crippen LogP contribution >= 0.6 is 23.2 Å². The summed E-state index contributed by atoms with van der Waals surface area (Å²) >= 11 is 12.5. The van der Waals surface area contributed by atoms with Crippen molar-refractivity contribution >= 4 is 57.2 Å². The highest BCUT2D eigenvalue weighted by Gasteiger charge is 2.19. The zero-order valence-electron chi connectivity index (χ0n) is 19.9. The number of carbonyl (C=O) groups is 1. The van der Waals surface area contributed by atoms with Gasteiger partial charge in [0.1, 0.15) is 0 Å². The number of anilines is 1. The average molecular weight is 528 g/mol. The summed E-state index contributed by atoms with van der Waals surface area (Å²) in [4.78, 5) is 35.2. The molecule has 188 valence electrons. The van der Waals surface area contributed by atoms with E-state index in [0.29, 0.717) is 22.0 Å². The zero-order chi connectivity index (χ0) is 25.7. The lowest BCUT2D eigenvalue weighted by Crippen LogP contribution is -2.47. The van der Waals surface area contributed by atoms with Crippen molar-refractivity contribution in [3.8, 4) is 0 Å². The van der Waals surface area contributed by atoms with Crippen molar-refractivity contribution in [2.75, 3.05) is 37.6 Å². The molecule has 10 heteroatoms. The molecule has 1 aliphatic heterocycles. The summed E-state index contributed by atoms with van der Waals surface area (Å²) in [5, 5.41) is 9.59. The molecule has 2 aromatic carbocycles. The number of halogens is 2. The molecule has 1 aliphatic rings. The number of hydrogen-bond acceptors (Lipinski definition) is 6. The number of carboxylic acid groups (broad SMARTS) is 1. The molecule has 3 heterocycles. The van der Waals surface area contributed by atoms with Crippen molar-refractivity contribution in [3.05, 3.63) is 74.9 Å². The van der Waals surface area contributed by atoms with Gasteiger partial charge in [0.25, 0.3) is 12.0 Å². The van der Waals surface area contributed by atoms with Gasteiger partial charge in [-0.15, -0.1) is 0 Å². The van der Waals surface area contributed by atoms with E-state index in [4.69, 9.17) is 33.1 Å². The van der Waals surface area contributed by atoms with E-state index in [9.17, 15) is 4.79 Å². The molecule has 36 heavy (non-hydrogen) atoms. The van der Waals surface area contributed by atoms with Crippen LogP contribution in [0.15, 0.2) is 53.7 Å². The molecule has 0 saturated carbocycles. The smallest absolute Gasteiger partial charge is 0.290 e. The first-order valence-electron chi connectivity index (χ1n) is 11.7. The van der Waals surface area contributed by atoms with Crippen molar-refractivity contribution in [2.45, 2.75) is 19.9 Å². The minimum Gasteiger partial charge on any atom is -0.483 e. The third kappa shape index (κ3) is 5.61. The zero-order valence-corrected chi connectivity index (χ0v) is 21.4. The Morgan fingerprint density at radius 1 is 1.03 bits per heavy atom. The first kappa shape index (κ1) is 25.9. The Morgan fingerprint density at radius 3 is 2.53 bits per heavy atom. The maximum Gasteiger partial charge on any atom is 0.290 e. The lowest BCUT2D eigenvalue weighted by atomic mass is 10.1. The van der Waals surface area contributed by atoms with Crippen LogP contribution < -0.4 is 10.5 Å². The molecule has 0 bridgehead atoms. The first-order valence-corrected chi connectivity index (χ1v) is 12.4. The fourth-order valence-electron chi connectivity index (χ4n) is 4.50. The van der Waals surface area contributed by atoms with Gasteiger partial charge in [0.15, 0.2) is 0 Å².